The molecule has 13 heavy (non-hydrogen) atoms. The summed E-state index contributed by atoms with van der Waals surface area (Å²) in [6.07, 6.45) is 0. The Morgan fingerprint density at radius 1 is 1.00 bits per heavy atom. The number of aromatic nitrogens is 3. The maximum absolute atomic E-state index is 7.75. The molecule has 0 saturated carbocycles. The van der Waals surface area contributed by atoms with E-state index in [1.54, 1.807) is 0 Å². The largest absolute Gasteiger partial charge is 0.395 e. The second kappa shape index (κ2) is 7.04. The molecule has 0 radical (unpaired) electrons. The van der Waals surface area contributed by atoms with Gasteiger partial charge in [0, 0.05) is 6.54 Å². The van der Waals surface area contributed by atoms with Crippen LogP contribution < -0.4 is 5.73 Å². The molecule has 8 heteroatoms. The quantitative estimate of drug-likeness (QED) is 0.467. The molecule has 6 N–H and O–H groups in total. The average Bonchev–Trinajstić information content (AvgIpc) is 2.02. The molecular weight excluding hydrogens is 228 g/mol. The van der Waals surface area contributed by atoms with Gasteiger partial charge in [-0.2, -0.15) is 0 Å². The van der Waals surface area contributed by atoms with Gasteiger partial charge in [-0.1, -0.05) is 0 Å². The standard InChI is InChI=1S/C3H3N3S3.C2H7NO/c7-1-4-2(8)6-3(9)5-1;3-1-2-4/h(H3,4,5,6,7,8,9);4H,1-3H2. The highest BCUT2D eigenvalue weighted by atomic mass is 32.1. The number of aromatic amines is 3. The third-order valence-corrected chi connectivity index (χ3v) is 1.42. The monoisotopic (exact) mass is 238 g/mol. The van der Waals surface area contributed by atoms with Crippen LogP contribution in [-0.4, -0.2) is 33.2 Å². The lowest BCUT2D eigenvalue weighted by molar-refractivity contribution is 0.306. The van der Waals surface area contributed by atoms with E-state index in [0.717, 1.165) is 0 Å². The first-order valence-corrected chi connectivity index (χ1v) is 4.56. The highest BCUT2D eigenvalue weighted by Crippen LogP contribution is 1.79. The van der Waals surface area contributed by atoms with Gasteiger partial charge >= 0.3 is 0 Å². The molecule has 0 unspecified atom stereocenters. The van der Waals surface area contributed by atoms with Crippen LogP contribution in [0.2, 0.25) is 0 Å². The Bertz CT molecular complexity index is 311. The Morgan fingerprint density at radius 2 is 1.23 bits per heavy atom. The molecule has 1 heterocycles. The fraction of sp³-hybridized carbons (Fsp3) is 0.400. The van der Waals surface area contributed by atoms with Crippen molar-refractivity contribution in [2.24, 2.45) is 5.73 Å². The highest BCUT2D eigenvalue weighted by molar-refractivity contribution is 7.72. The SMILES string of the molecule is NCCO.S=c1[nH]c(=S)[nH]c(=S)[nH]1. The number of aliphatic hydroxyl groups is 1. The second-order valence-corrected chi connectivity index (χ2v) is 3.10. The fourth-order valence-corrected chi connectivity index (χ4v) is 1.21. The molecule has 0 aliphatic carbocycles. The van der Waals surface area contributed by atoms with Crippen molar-refractivity contribution in [1.82, 2.24) is 15.0 Å². The molecule has 0 atom stereocenters. The second-order valence-electron chi connectivity index (χ2n) is 1.87. The molecule has 74 valence electrons. The molecule has 1 aromatic rings. The predicted octanol–water partition coefficient (Wildman–Crippen LogP) is 0.797. The minimum Gasteiger partial charge on any atom is -0.395 e. The van der Waals surface area contributed by atoms with Gasteiger partial charge in [0.25, 0.3) is 0 Å². The van der Waals surface area contributed by atoms with Gasteiger partial charge in [-0.05, 0) is 36.7 Å². The molecular formula is C5H10N4OS3. The lowest BCUT2D eigenvalue weighted by atomic mass is 10.8. The van der Waals surface area contributed by atoms with Gasteiger partial charge in [0.2, 0.25) is 0 Å². The maximum Gasteiger partial charge on any atom is 0.178 e. The highest BCUT2D eigenvalue weighted by Gasteiger charge is 1.76. The summed E-state index contributed by atoms with van der Waals surface area (Å²) in [5, 5.41) is 7.75. The zero-order chi connectivity index (χ0) is 10.3. The summed E-state index contributed by atoms with van der Waals surface area (Å²) in [5.41, 5.74) is 4.78. The van der Waals surface area contributed by atoms with E-state index < -0.39 is 0 Å². The molecule has 0 bridgehead atoms. The first-order valence-electron chi connectivity index (χ1n) is 3.34. The van der Waals surface area contributed by atoms with Crippen molar-refractivity contribution in [2.75, 3.05) is 13.2 Å². The summed E-state index contributed by atoms with van der Waals surface area (Å²) in [6.45, 7) is 0.472. The van der Waals surface area contributed by atoms with Gasteiger partial charge in [-0.3, -0.25) is 0 Å². The van der Waals surface area contributed by atoms with Crippen molar-refractivity contribution in [3.05, 3.63) is 14.3 Å². The molecule has 0 amide bonds. The number of hydrogen-bond donors (Lipinski definition) is 5. The van der Waals surface area contributed by atoms with Crippen molar-refractivity contribution in [1.29, 1.82) is 0 Å². The number of aliphatic hydroxyl groups excluding tert-OH is 1. The minimum atomic E-state index is 0.0972. The number of rotatable bonds is 1. The summed E-state index contributed by atoms with van der Waals surface area (Å²) in [6, 6.07) is 0. The normalized spacial score (nSPS) is 8.77. The summed E-state index contributed by atoms with van der Waals surface area (Å²) in [5.74, 6) is 0. The molecule has 1 aromatic heterocycles. The Morgan fingerprint density at radius 3 is 1.38 bits per heavy atom. The van der Waals surface area contributed by atoms with Crippen LogP contribution in [0.4, 0.5) is 0 Å². The van der Waals surface area contributed by atoms with Crippen molar-refractivity contribution in [3.63, 3.8) is 0 Å². The van der Waals surface area contributed by atoms with E-state index in [0.29, 0.717) is 20.9 Å². The van der Waals surface area contributed by atoms with Crippen molar-refractivity contribution >= 4 is 36.7 Å². The predicted molar refractivity (Wildman–Crippen MR) is 58.1 cm³/mol. The zero-order valence-electron chi connectivity index (χ0n) is 6.66. The van der Waals surface area contributed by atoms with Gasteiger partial charge in [-0.25, -0.2) is 0 Å². The van der Waals surface area contributed by atoms with E-state index in [1.165, 1.54) is 0 Å². The third-order valence-electron chi connectivity index (χ3n) is 0.810. The smallest absolute Gasteiger partial charge is 0.178 e. The minimum absolute atomic E-state index is 0.0972. The summed E-state index contributed by atoms with van der Waals surface area (Å²) in [7, 11) is 0. The first-order chi connectivity index (χ1) is 6.10. The molecule has 1 rings (SSSR count). The van der Waals surface area contributed by atoms with Crippen LogP contribution in [0.25, 0.3) is 0 Å². The summed E-state index contributed by atoms with van der Waals surface area (Å²) < 4.78 is 1.34. The van der Waals surface area contributed by atoms with Gasteiger partial charge in [0.1, 0.15) is 0 Å². The van der Waals surface area contributed by atoms with Crippen LogP contribution in [0.3, 0.4) is 0 Å². The molecule has 0 fully saturated rings. The lowest BCUT2D eigenvalue weighted by Gasteiger charge is -1.84. The topological polar surface area (TPSA) is 93.6 Å². The van der Waals surface area contributed by atoms with E-state index in [-0.39, 0.29) is 6.61 Å². The Hall–Kier alpha value is -0.410. The van der Waals surface area contributed by atoms with Crippen molar-refractivity contribution in [3.8, 4) is 0 Å². The Kier molecular flexibility index (Phi) is 6.82. The van der Waals surface area contributed by atoms with E-state index in [9.17, 15) is 0 Å². The fourth-order valence-electron chi connectivity index (χ4n) is 0.403. The number of nitrogens with two attached hydrogens (primary N) is 1. The van der Waals surface area contributed by atoms with E-state index in [1.807, 2.05) is 0 Å². The Labute approximate surface area is 90.0 Å². The number of nitrogens with one attached hydrogen (secondary N) is 3. The molecule has 0 aliphatic rings. The van der Waals surface area contributed by atoms with Crippen molar-refractivity contribution < 1.29 is 5.11 Å². The van der Waals surface area contributed by atoms with Gasteiger partial charge in [0.05, 0.1) is 6.61 Å². The number of H-pyrrole nitrogens is 3. The first kappa shape index (κ1) is 12.6. The molecule has 5 nitrogen and oxygen atoms in total. The zero-order valence-corrected chi connectivity index (χ0v) is 9.11. The molecule has 0 aromatic carbocycles. The van der Waals surface area contributed by atoms with Crippen LogP contribution in [0.15, 0.2) is 0 Å². The molecule has 0 spiro atoms. The maximum atomic E-state index is 7.75. The van der Waals surface area contributed by atoms with Crippen LogP contribution in [-0.2, 0) is 0 Å². The van der Waals surface area contributed by atoms with E-state index >= 15 is 0 Å². The van der Waals surface area contributed by atoms with Crippen LogP contribution >= 0.6 is 36.7 Å². The van der Waals surface area contributed by atoms with Crippen molar-refractivity contribution in [2.45, 2.75) is 0 Å². The molecule has 0 aliphatic heterocycles. The van der Waals surface area contributed by atoms with Crippen LogP contribution in [0.1, 0.15) is 0 Å². The van der Waals surface area contributed by atoms with Crippen LogP contribution in [0, 0.1) is 14.3 Å². The van der Waals surface area contributed by atoms with Gasteiger partial charge in [0.15, 0.2) is 14.3 Å². The summed E-state index contributed by atoms with van der Waals surface area (Å²) in [4.78, 5) is 7.99. The van der Waals surface area contributed by atoms with Crippen LogP contribution in [0.5, 0.6) is 0 Å². The van der Waals surface area contributed by atoms with E-state index in [4.69, 9.17) is 47.5 Å². The van der Waals surface area contributed by atoms with Gasteiger partial charge in [-0.15, -0.1) is 0 Å². The summed E-state index contributed by atoms with van der Waals surface area (Å²) >= 11 is 14.2. The molecule has 0 saturated heterocycles. The van der Waals surface area contributed by atoms with Gasteiger partial charge < -0.3 is 25.8 Å². The average molecular weight is 238 g/mol. The van der Waals surface area contributed by atoms with E-state index in [2.05, 4.69) is 15.0 Å². The third kappa shape index (κ3) is 6.72. The number of hydrogen-bond acceptors (Lipinski definition) is 5. The lowest BCUT2D eigenvalue weighted by Crippen LogP contribution is -2.02. The Balaban J connectivity index is 0.000000310.